The Balaban J connectivity index is 1.42. The fraction of sp³-hybridized carbons (Fsp3) is 0.238. The first-order valence-electron chi connectivity index (χ1n) is 8.78. The Morgan fingerprint density at radius 3 is 2.00 bits per heavy atom. The van der Waals surface area contributed by atoms with E-state index in [2.05, 4.69) is 0 Å². The molecule has 2 aromatic rings. The van der Waals surface area contributed by atoms with Gasteiger partial charge in [0.25, 0.3) is 5.91 Å². The lowest BCUT2D eigenvalue weighted by molar-refractivity contribution is -0.121. The second-order valence-corrected chi connectivity index (χ2v) is 7.71. The van der Waals surface area contributed by atoms with E-state index in [-0.39, 0.29) is 5.91 Å². The Bertz CT molecular complexity index is 863. The molecule has 0 aliphatic carbocycles. The zero-order valence-electron chi connectivity index (χ0n) is 15.7. The Hall–Kier alpha value is -2.51. The molecular formula is C21H21NO4S2. The summed E-state index contributed by atoms with van der Waals surface area (Å²) in [5.41, 5.74) is 0.934. The monoisotopic (exact) mass is 415 g/mol. The maximum absolute atomic E-state index is 12.0. The third kappa shape index (κ3) is 5.27. The van der Waals surface area contributed by atoms with E-state index >= 15 is 0 Å². The lowest BCUT2D eigenvalue weighted by atomic mass is 10.2. The molecule has 0 unspecified atom stereocenters. The summed E-state index contributed by atoms with van der Waals surface area (Å²) in [6, 6.07) is 15.1. The molecule has 1 aliphatic rings. The standard InChI is InChI=1S/C21H21NO4S2/c1-22-20(23)19(28-21(22)27)14-15-4-6-17(7-5-15)25-12-3-13-26-18-10-8-16(24-2)9-11-18/h4-11,14H,3,12-13H2,1-2H3. The SMILES string of the molecule is COc1ccc(OCCCOc2ccc(C=C3SC(=S)N(C)C3=O)cc2)cc1. The van der Waals surface area contributed by atoms with Crippen LogP contribution >= 0.6 is 24.0 Å². The Morgan fingerprint density at radius 1 is 0.964 bits per heavy atom. The molecule has 0 spiro atoms. The van der Waals surface area contributed by atoms with Crippen LogP contribution in [-0.2, 0) is 4.79 Å². The molecule has 1 fully saturated rings. The van der Waals surface area contributed by atoms with Crippen LogP contribution in [0.1, 0.15) is 12.0 Å². The van der Waals surface area contributed by atoms with Crippen molar-refractivity contribution in [1.82, 2.24) is 4.90 Å². The second kappa shape index (κ2) is 9.61. The summed E-state index contributed by atoms with van der Waals surface area (Å²) in [7, 11) is 3.32. The largest absolute Gasteiger partial charge is 0.497 e. The predicted molar refractivity (Wildman–Crippen MR) is 116 cm³/mol. The van der Waals surface area contributed by atoms with Gasteiger partial charge in [-0.05, 0) is 48.0 Å². The zero-order valence-corrected chi connectivity index (χ0v) is 17.3. The van der Waals surface area contributed by atoms with Crippen molar-refractivity contribution in [2.45, 2.75) is 6.42 Å². The van der Waals surface area contributed by atoms with Crippen LogP contribution in [0.25, 0.3) is 6.08 Å². The van der Waals surface area contributed by atoms with Crippen LogP contribution in [0.4, 0.5) is 0 Å². The highest BCUT2D eigenvalue weighted by Gasteiger charge is 2.28. The number of amides is 1. The molecule has 1 saturated heterocycles. The van der Waals surface area contributed by atoms with Gasteiger partial charge in [0.1, 0.15) is 21.6 Å². The molecule has 1 heterocycles. The van der Waals surface area contributed by atoms with Gasteiger partial charge in [0.05, 0.1) is 25.2 Å². The summed E-state index contributed by atoms with van der Waals surface area (Å²) in [4.78, 5) is 14.2. The van der Waals surface area contributed by atoms with Gasteiger partial charge in [0.2, 0.25) is 0 Å². The minimum atomic E-state index is -0.0628. The first-order valence-corrected chi connectivity index (χ1v) is 10.0. The number of carbonyl (C=O) groups excluding carboxylic acids is 1. The summed E-state index contributed by atoms with van der Waals surface area (Å²) in [5, 5.41) is 0. The first kappa shape index (κ1) is 20.2. The number of likely N-dealkylation sites (N-methyl/N-ethyl adjacent to an activating group) is 1. The maximum Gasteiger partial charge on any atom is 0.265 e. The number of methoxy groups -OCH3 is 1. The van der Waals surface area contributed by atoms with E-state index in [1.807, 2.05) is 54.6 Å². The molecule has 1 amide bonds. The number of thiocarbonyl (C=S) groups is 1. The normalized spacial score (nSPS) is 15.2. The molecule has 0 bridgehead atoms. The van der Waals surface area contributed by atoms with Gasteiger partial charge in [-0.3, -0.25) is 9.69 Å². The van der Waals surface area contributed by atoms with Gasteiger partial charge >= 0.3 is 0 Å². The van der Waals surface area contributed by atoms with Crippen molar-refractivity contribution >= 4 is 40.3 Å². The van der Waals surface area contributed by atoms with E-state index in [1.165, 1.54) is 16.7 Å². The number of benzene rings is 2. The smallest absolute Gasteiger partial charge is 0.265 e. The third-order valence-corrected chi connectivity index (χ3v) is 5.53. The number of thioether (sulfide) groups is 1. The van der Waals surface area contributed by atoms with E-state index < -0.39 is 0 Å². The van der Waals surface area contributed by atoms with Crippen LogP contribution < -0.4 is 14.2 Å². The van der Waals surface area contributed by atoms with Crippen LogP contribution in [-0.4, -0.2) is 42.5 Å². The lowest BCUT2D eigenvalue weighted by Gasteiger charge is -2.09. The fourth-order valence-electron chi connectivity index (χ4n) is 2.47. The van der Waals surface area contributed by atoms with Crippen molar-refractivity contribution in [2.24, 2.45) is 0 Å². The van der Waals surface area contributed by atoms with Gasteiger partial charge in [0, 0.05) is 13.5 Å². The number of carbonyl (C=O) groups is 1. The molecule has 1 aliphatic heterocycles. The molecule has 0 aromatic heterocycles. The number of ether oxygens (including phenoxy) is 3. The minimum Gasteiger partial charge on any atom is -0.497 e. The zero-order chi connectivity index (χ0) is 19.9. The average Bonchev–Trinajstić information content (AvgIpc) is 2.96. The molecule has 7 heteroatoms. The van der Waals surface area contributed by atoms with E-state index in [0.29, 0.717) is 22.4 Å². The average molecular weight is 416 g/mol. The molecule has 28 heavy (non-hydrogen) atoms. The summed E-state index contributed by atoms with van der Waals surface area (Å²) >= 11 is 6.45. The third-order valence-electron chi connectivity index (χ3n) is 4.05. The van der Waals surface area contributed by atoms with Crippen LogP contribution in [0.3, 0.4) is 0 Å². The molecule has 0 atom stereocenters. The van der Waals surface area contributed by atoms with Gasteiger partial charge in [-0.2, -0.15) is 0 Å². The molecule has 2 aromatic carbocycles. The molecule has 5 nitrogen and oxygen atoms in total. The van der Waals surface area contributed by atoms with Gasteiger partial charge in [-0.1, -0.05) is 36.1 Å². The second-order valence-electron chi connectivity index (χ2n) is 6.04. The lowest BCUT2D eigenvalue weighted by Crippen LogP contribution is -2.22. The molecule has 0 radical (unpaired) electrons. The topological polar surface area (TPSA) is 48.0 Å². The summed E-state index contributed by atoms with van der Waals surface area (Å²) in [6.45, 7) is 1.13. The van der Waals surface area contributed by atoms with E-state index in [4.69, 9.17) is 26.4 Å². The van der Waals surface area contributed by atoms with Crippen LogP contribution in [0.2, 0.25) is 0 Å². The summed E-state index contributed by atoms with van der Waals surface area (Å²) in [5.74, 6) is 2.33. The molecule has 146 valence electrons. The van der Waals surface area contributed by atoms with Crippen molar-refractivity contribution in [3.63, 3.8) is 0 Å². The van der Waals surface area contributed by atoms with Crippen molar-refractivity contribution < 1.29 is 19.0 Å². The number of rotatable bonds is 8. The Morgan fingerprint density at radius 2 is 1.50 bits per heavy atom. The van der Waals surface area contributed by atoms with Crippen molar-refractivity contribution in [3.8, 4) is 17.2 Å². The summed E-state index contributed by atoms with van der Waals surface area (Å²) in [6.07, 6.45) is 2.61. The molecule has 3 rings (SSSR count). The fourth-order valence-corrected chi connectivity index (χ4v) is 3.65. The van der Waals surface area contributed by atoms with Crippen LogP contribution in [0.15, 0.2) is 53.4 Å². The number of hydrogen-bond donors (Lipinski definition) is 0. The van der Waals surface area contributed by atoms with Crippen LogP contribution in [0, 0.1) is 0 Å². The number of hydrogen-bond acceptors (Lipinski definition) is 6. The maximum atomic E-state index is 12.0. The first-order chi connectivity index (χ1) is 13.6. The quantitative estimate of drug-likeness (QED) is 0.362. The highest BCUT2D eigenvalue weighted by atomic mass is 32.2. The highest BCUT2D eigenvalue weighted by molar-refractivity contribution is 8.26. The van der Waals surface area contributed by atoms with Gasteiger partial charge in [-0.25, -0.2) is 0 Å². The Labute approximate surface area is 174 Å². The van der Waals surface area contributed by atoms with Crippen molar-refractivity contribution in [1.29, 1.82) is 0 Å². The van der Waals surface area contributed by atoms with E-state index in [0.717, 1.165) is 29.2 Å². The van der Waals surface area contributed by atoms with E-state index in [1.54, 1.807) is 14.2 Å². The van der Waals surface area contributed by atoms with E-state index in [9.17, 15) is 4.79 Å². The molecule has 0 N–H and O–H groups in total. The van der Waals surface area contributed by atoms with Gasteiger partial charge < -0.3 is 14.2 Å². The van der Waals surface area contributed by atoms with Crippen LogP contribution in [0.5, 0.6) is 17.2 Å². The van der Waals surface area contributed by atoms with Gasteiger partial charge in [-0.15, -0.1) is 0 Å². The minimum absolute atomic E-state index is 0.0628. The molecular weight excluding hydrogens is 394 g/mol. The molecule has 0 saturated carbocycles. The van der Waals surface area contributed by atoms with Crippen molar-refractivity contribution in [3.05, 3.63) is 59.0 Å². The highest BCUT2D eigenvalue weighted by Crippen LogP contribution is 2.31. The van der Waals surface area contributed by atoms with Crippen molar-refractivity contribution in [2.75, 3.05) is 27.4 Å². The van der Waals surface area contributed by atoms with Gasteiger partial charge in [0.15, 0.2) is 0 Å². The Kier molecular flexibility index (Phi) is 6.95. The number of nitrogens with zero attached hydrogens (tertiary/aromatic N) is 1. The predicted octanol–water partition coefficient (Wildman–Crippen LogP) is 4.37. The summed E-state index contributed by atoms with van der Waals surface area (Å²) < 4.78 is 17.1.